The molecule has 5 heteroatoms. The van der Waals surface area contributed by atoms with Crippen molar-refractivity contribution in [3.8, 4) is 5.75 Å². The lowest BCUT2D eigenvalue weighted by atomic mass is 10.0. The molecular weight excluding hydrogens is 276 g/mol. The third kappa shape index (κ3) is 3.64. The number of halogens is 1. The van der Waals surface area contributed by atoms with Gasteiger partial charge in [-0.2, -0.15) is 0 Å². The molecule has 0 spiro atoms. The van der Waals surface area contributed by atoms with Gasteiger partial charge in [-0.25, -0.2) is 0 Å². The summed E-state index contributed by atoms with van der Waals surface area (Å²) in [5.41, 5.74) is 6.96. The van der Waals surface area contributed by atoms with Crippen LogP contribution in [-0.4, -0.2) is 19.1 Å². The van der Waals surface area contributed by atoms with E-state index in [0.29, 0.717) is 0 Å². The highest BCUT2D eigenvalue weighted by Crippen LogP contribution is 2.27. The van der Waals surface area contributed by atoms with Crippen LogP contribution in [-0.2, 0) is 4.79 Å². The largest absolute Gasteiger partial charge is 0.496 e. The maximum atomic E-state index is 12.2. The molecule has 0 aromatic heterocycles. The van der Waals surface area contributed by atoms with Crippen molar-refractivity contribution in [3.63, 3.8) is 0 Å². The lowest BCUT2D eigenvalue weighted by molar-refractivity contribution is -0.125. The van der Waals surface area contributed by atoms with Gasteiger partial charge in [0.15, 0.2) is 0 Å². The molecule has 1 aromatic rings. The summed E-state index contributed by atoms with van der Waals surface area (Å²) in [5.74, 6) is 0.812. The second kappa shape index (κ2) is 7.50. The molecule has 0 aliphatic heterocycles. The van der Waals surface area contributed by atoms with Gasteiger partial charge in [0.2, 0.25) is 5.91 Å². The first-order valence-electron chi connectivity index (χ1n) is 6.82. The summed E-state index contributed by atoms with van der Waals surface area (Å²) < 4.78 is 5.32. The maximum absolute atomic E-state index is 12.2. The van der Waals surface area contributed by atoms with Gasteiger partial charge in [0, 0.05) is 11.6 Å². The van der Waals surface area contributed by atoms with E-state index in [-0.39, 0.29) is 36.3 Å². The quantitative estimate of drug-likeness (QED) is 0.897. The Morgan fingerprint density at radius 3 is 2.70 bits per heavy atom. The van der Waals surface area contributed by atoms with Gasteiger partial charge < -0.3 is 15.8 Å². The molecule has 0 bridgehead atoms. The van der Waals surface area contributed by atoms with Crippen LogP contribution in [0, 0.1) is 5.92 Å². The molecular formula is C15H23ClN2O2. The van der Waals surface area contributed by atoms with E-state index in [4.69, 9.17) is 10.5 Å². The van der Waals surface area contributed by atoms with Gasteiger partial charge >= 0.3 is 0 Å². The molecule has 1 aromatic carbocycles. The van der Waals surface area contributed by atoms with E-state index in [1.54, 1.807) is 7.11 Å². The van der Waals surface area contributed by atoms with Gasteiger partial charge in [0.25, 0.3) is 0 Å². The zero-order chi connectivity index (χ0) is 13.8. The van der Waals surface area contributed by atoms with E-state index < -0.39 is 0 Å². The second-order valence-corrected chi connectivity index (χ2v) is 5.17. The van der Waals surface area contributed by atoms with E-state index >= 15 is 0 Å². The number of carbonyl (C=O) groups excluding carboxylic acids is 1. The van der Waals surface area contributed by atoms with E-state index in [2.05, 4.69) is 5.32 Å². The summed E-state index contributed by atoms with van der Waals surface area (Å²) in [6, 6.07) is 7.67. The molecule has 20 heavy (non-hydrogen) atoms. The van der Waals surface area contributed by atoms with Crippen LogP contribution >= 0.6 is 12.4 Å². The molecule has 0 heterocycles. The average molecular weight is 299 g/mol. The van der Waals surface area contributed by atoms with Crippen LogP contribution in [0.25, 0.3) is 0 Å². The first kappa shape index (κ1) is 16.8. The van der Waals surface area contributed by atoms with Crippen LogP contribution in [0.3, 0.4) is 0 Å². The summed E-state index contributed by atoms with van der Waals surface area (Å²) in [7, 11) is 1.64. The molecule has 2 rings (SSSR count). The molecule has 1 saturated carbocycles. The fourth-order valence-corrected chi connectivity index (χ4v) is 2.74. The first-order chi connectivity index (χ1) is 9.13. The minimum atomic E-state index is -0.0727. The van der Waals surface area contributed by atoms with Gasteiger partial charge in [-0.15, -0.1) is 12.4 Å². The summed E-state index contributed by atoms with van der Waals surface area (Å²) in [4.78, 5) is 12.2. The molecule has 3 unspecified atom stereocenters. The maximum Gasteiger partial charge on any atom is 0.225 e. The molecule has 0 saturated heterocycles. The van der Waals surface area contributed by atoms with Crippen LogP contribution in [0.1, 0.15) is 37.8 Å². The molecule has 3 atom stereocenters. The van der Waals surface area contributed by atoms with Crippen molar-refractivity contribution in [3.05, 3.63) is 29.8 Å². The van der Waals surface area contributed by atoms with E-state index in [1.165, 1.54) is 0 Å². The number of hydrogen-bond acceptors (Lipinski definition) is 3. The van der Waals surface area contributed by atoms with Gasteiger partial charge in [0.05, 0.1) is 19.1 Å². The highest BCUT2D eigenvalue weighted by atomic mass is 35.5. The van der Waals surface area contributed by atoms with Crippen molar-refractivity contribution in [2.24, 2.45) is 11.7 Å². The number of benzene rings is 1. The minimum Gasteiger partial charge on any atom is -0.496 e. The zero-order valence-corrected chi connectivity index (χ0v) is 12.8. The highest BCUT2D eigenvalue weighted by molar-refractivity contribution is 5.85. The van der Waals surface area contributed by atoms with Gasteiger partial charge in [-0.1, -0.05) is 24.6 Å². The standard InChI is InChI=1S/C15H22N2O2.ClH/c1-10(11-6-3-4-9-14(11)19-2)17-15(18)12-7-5-8-13(12)16;/h3-4,6,9-10,12-13H,5,7-8,16H2,1-2H3,(H,17,18);1H. The summed E-state index contributed by atoms with van der Waals surface area (Å²) in [5, 5.41) is 3.04. The predicted octanol–water partition coefficient (Wildman–Crippen LogP) is 2.42. The Labute approximate surface area is 126 Å². The van der Waals surface area contributed by atoms with Gasteiger partial charge in [0.1, 0.15) is 5.75 Å². The van der Waals surface area contributed by atoms with Crippen molar-refractivity contribution < 1.29 is 9.53 Å². The average Bonchev–Trinajstić information content (AvgIpc) is 2.85. The Morgan fingerprint density at radius 1 is 1.40 bits per heavy atom. The van der Waals surface area contributed by atoms with Crippen molar-refractivity contribution >= 4 is 18.3 Å². The second-order valence-electron chi connectivity index (χ2n) is 5.17. The molecule has 4 nitrogen and oxygen atoms in total. The number of hydrogen-bond donors (Lipinski definition) is 2. The number of para-hydroxylation sites is 1. The fourth-order valence-electron chi connectivity index (χ4n) is 2.74. The smallest absolute Gasteiger partial charge is 0.225 e. The number of carbonyl (C=O) groups is 1. The van der Waals surface area contributed by atoms with Crippen LogP contribution in [0.2, 0.25) is 0 Å². The van der Waals surface area contributed by atoms with Gasteiger partial charge in [-0.3, -0.25) is 4.79 Å². The van der Waals surface area contributed by atoms with E-state index in [0.717, 1.165) is 30.6 Å². The third-order valence-electron chi connectivity index (χ3n) is 3.87. The third-order valence-corrected chi connectivity index (χ3v) is 3.87. The lowest BCUT2D eigenvalue weighted by Crippen LogP contribution is -2.39. The van der Waals surface area contributed by atoms with Crippen LogP contribution in [0.15, 0.2) is 24.3 Å². The molecule has 1 amide bonds. The Kier molecular flexibility index (Phi) is 6.30. The summed E-state index contributed by atoms with van der Waals surface area (Å²) in [6.07, 6.45) is 2.88. The number of methoxy groups -OCH3 is 1. The van der Waals surface area contributed by atoms with Crippen molar-refractivity contribution in [1.82, 2.24) is 5.32 Å². The first-order valence-corrected chi connectivity index (χ1v) is 6.82. The lowest BCUT2D eigenvalue weighted by Gasteiger charge is -2.21. The summed E-state index contributed by atoms with van der Waals surface area (Å²) in [6.45, 7) is 1.97. The Hall–Kier alpha value is -1.26. The van der Waals surface area contributed by atoms with Gasteiger partial charge in [-0.05, 0) is 25.8 Å². The monoisotopic (exact) mass is 298 g/mol. The van der Waals surface area contributed by atoms with Crippen molar-refractivity contribution in [1.29, 1.82) is 0 Å². The van der Waals surface area contributed by atoms with E-state index in [9.17, 15) is 4.79 Å². The molecule has 112 valence electrons. The van der Waals surface area contributed by atoms with Crippen molar-refractivity contribution in [2.45, 2.75) is 38.3 Å². The molecule has 3 N–H and O–H groups in total. The normalized spacial score (nSPS) is 22.8. The number of amides is 1. The highest BCUT2D eigenvalue weighted by Gasteiger charge is 2.31. The van der Waals surface area contributed by atoms with E-state index in [1.807, 2.05) is 31.2 Å². The summed E-state index contributed by atoms with van der Waals surface area (Å²) >= 11 is 0. The Morgan fingerprint density at radius 2 is 2.10 bits per heavy atom. The number of nitrogens with two attached hydrogens (primary N) is 1. The van der Waals surface area contributed by atoms with Crippen molar-refractivity contribution in [2.75, 3.05) is 7.11 Å². The Bertz CT molecular complexity index is 453. The molecule has 1 aliphatic carbocycles. The van der Waals surface area contributed by atoms with Crippen LogP contribution < -0.4 is 15.8 Å². The zero-order valence-electron chi connectivity index (χ0n) is 12.0. The molecule has 1 fully saturated rings. The SMILES string of the molecule is COc1ccccc1C(C)NC(=O)C1CCCC1N.Cl. The van der Waals surface area contributed by atoms with Crippen LogP contribution in [0.4, 0.5) is 0 Å². The number of nitrogens with one attached hydrogen (secondary N) is 1. The van der Waals surface area contributed by atoms with Crippen LogP contribution in [0.5, 0.6) is 5.75 Å². The topological polar surface area (TPSA) is 64.3 Å². The molecule has 1 aliphatic rings. The minimum absolute atomic E-state index is 0. The fraction of sp³-hybridized carbons (Fsp3) is 0.533. The number of rotatable bonds is 4. The number of ether oxygens (including phenoxy) is 1. The predicted molar refractivity (Wildman–Crippen MR) is 82.1 cm³/mol. The Balaban J connectivity index is 0.00000200. The molecule has 0 radical (unpaired) electrons.